The van der Waals surface area contributed by atoms with Gasteiger partial charge in [0.1, 0.15) is 5.82 Å². The zero-order valence-electron chi connectivity index (χ0n) is 11.4. The van der Waals surface area contributed by atoms with Crippen molar-refractivity contribution in [2.75, 3.05) is 13.1 Å². The van der Waals surface area contributed by atoms with Gasteiger partial charge in [-0.2, -0.15) is 0 Å². The molecule has 0 aliphatic carbocycles. The second-order valence-corrected chi connectivity index (χ2v) is 5.32. The van der Waals surface area contributed by atoms with Crippen molar-refractivity contribution in [3.05, 3.63) is 34.6 Å². The smallest absolute Gasteiger partial charge is 0.129 e. The molecule has 1 fully saturated rings. The first-order chi connectivity index (χ1) is 8.66. The molecule has 0 radical (unpaired) electrons. The van der Waals surface area contributed by atoms with Gasteiger partial charge in [0.05, 0.1) is 0 Å². The number of benzene rings is 1. The van der Waals surface area contributed by atoms with Crippen molar-refractivity contribution < 1.29 is 4.39 Å². The molecule has 1 atom stereocenters. The van der Waals surface area contributed by atoms with Gasteiger partial charge in [-0.3, -0.25) is 0 Å². The van der Waals surface area contributed by atoms with Crippen LogP contribution in [-0.2, 0) is 6.54 Å². The van der Waals surface area contributed by atoms with Crippen LogP contribution in [0.25, 0.3) is 0 Å². The van der Waals surface area contributed by atoms with Crippen molar-refractivity contribution in [2.24, 2.45) is 0 Å². The van der Waals surface area contributed by atoms with E-state index in [0.29, 0.717) is 6.04 Å². The fourth-order valence-electron chi connectivity index (χ4n) is 2.63. The molecule has 1 heterocycles. The number of rotatable bonds is 4. The molecule has 0 amide bonds. The predicted octanol–water partition coefficient (Wildman–Crippen LogP) is 2.67. The molecule has 1 aliphatic heterocycles. The van der Waals surface area contributed by atoms with Crippen molar-refractivity contribution >= 4 is 0 Å². The van der Waals surface area contributed by atoms with E-state index in [1.165, 1.54) is 24.8 Å². The Kier molecular flexibility index (Phi) is 4.72. The Morgan fingerprint density at radius 2 is 2.00 bits per heavy atom. The molecule has 1 aliphatic rings. The van der Waals surface area contributed by atoms with Crippen LogP contribution in [0.3, 0.4) is 0 Å². The minimum absolute atomic E-state index is 0.0762. The fraction of sp³-hybridized carbons (Fsp3) is 0.600. The van der Waals surface area contributed by atoms with E-state index in [-0.39, 0.29) is 5.82 Å². The lowest BCUT2D eigenvalue weighted by atomic mass is 10.0. The van der Waals surface area contributed by atoms with Gasteiger partial charge >= 0.3 is 0 Å². The van der Waals surface area contributed by atoms with Gasteiger partial charge in [-0.05, 0) is 49.9 Å². The molecular formula is C15H23FN2. The molecule has 0 bridgehead atoms. The number of aryl methyl sites for hydroxylation is 2. The van der Waals surface area contributed by atoms with Crippen molar-refractivity contribution in [2.45, 2.75) is 45.7 Å². The zero-order chi connectivity index (χ0) is 13.0. The lowest BCUT2D eigenvalue weighted by molar-refractivity contribution is 0.383. The van der Waals surface area contributed by atoms with Gasteiger partial charge in [0.15, 0.2) is 0 Å². The average Bonchev–Trinajstić information content (AvgIpc) is 2.37. The first-order valence-corrected chi connectivity index (χ1v) is 6.86. The third-order valence-electron chi connectivity index (χ3n) is 3.63. The first kappa shape index (κ1) is 13.5. The van der Waals surface area contributed by atoms with E-state index < -0.39 is 0 Å². The summed E-state index contributed by atoms with van der Waals surface area (Å²) in [5, 5.41) is 6.98. The molecule has 0 saturated carbocycles. The van der Waals surface area contributed by atoms with Crippen LogP contribution in [0.4, 0.5) is 4.39 Å². The Hall–Kier alpha value is -0.930. The molecule has 2 N–H and O–H groups in total. The number of piperidine rings is 1. The number of hydrogen-bond donors (Lipinski definition) is 2. The third-order valence-corrected chi connectivity index (χ3v) is 3.63. The summed E-state index contributed by atoms with van der Waals surface area (Å²) in [5.74, 6) is -0.0762. The summed E-state index contributed by atoms with van der Waals surface area (Å²) in [6.07, 6.45) is 3.88. The maximum atomic E-state index is 13.5. The van der Waals surface area contributed by atoms with Crippen LogP contribution in [-0.4, -0.2) is 19.1 Å². The molecule has 0 aromatic heterocycles. The number of halogens is 1. The molecule has 2 rings (SSSR count). The summed E-state index contributed by atoms with van der Waals surface area (Å²) in [6, 6.07) is 4.47. The van der Waals surface area contributed by atoms with Gasteiger partial charge in [0.25, 0.3) is 0 Å². The number of hydrogen-bond acceptors (Lipinski definition) is 2. The van der Waals surface area contributed by atoms with E-state index in [1.54, 1.807) is 0 Å². The Morgan fingerprint density at radius 1 is 1.28 bits per heavy atom. The van der Waals surface area contributed by atoms with Gasteiger partial charge in [0.2, 0.25) is 0 Å². The van der Waals surface area contributed by atoms with Gasteiger partial charge in [-0.15, -0.1) is 0 Å². The van der Waals surface area contributed by atoms with Crippen LogP contribution in [0.1, 0.15) is 36.0 Å². The molecule has 1 aromatic rings. The molecule has 0 spiro atoms. The van der Waals surface area contributed by atoms with E-state index in [4.69, 9.17) is 0 Å². The molecule has 100 valence electrons. The van der Waals surface area contributed by atoms with E-state index in [2.05, 4.69) is 10.6 Å². The molecule has 3 heteroatoms. The van der Waals surface area contributed by atoms with Crippen molar-refractivity contribution in [1.82, 2.24) is 10.6 Å². The summed E-state index contributed by atoms with van der Waals surface area (Å²) < 4.78 is 13.5. The third kappa shape index (κ3) is 3.53. The highest BCUT2D eigenvalue weighted by molar-refractivity contribution is 5.30. The predicted molar refractivity (Wildman–Crippen MR) is 73.2 cm³/mol. The molecule has 1 aromatic carbocycles. The SMILES string of the molecule is Cc1cc(CNCC2CCCCN2)cc(C)c1F. The van der Waals surface area contributed by atoms with E-state index in [9.17, 15) is 4.39 Å². The molecule has 18 heavy (non-hydrogen) atoms. The molecule has 1 saturated heterocycles. The lowest BCUT2D eigenvalue weighted by Gasteiger charge is -2.23. The molecule has 1 unspecified atom stereocenters. The summed E-state index contributed by atoms with van der Waals surface area (Å²) in [7, 11) is 0. The molecule has 2 nitrogen and oxygen atoms in total. The normalized spacial score (nSPS) is 20.1. The monoisotopic (exact) mass is 250 g/mol. The maximum Gasteiger partial charge on any atom is 0.129 e. The number of nitrogens with one attached hydrogen (secondary N) is 2. The first-order valence-electron chi connectivity index (χ1n) is 6.86. The topological polar surface area (TPSA) is 24.1 Å². The maximum absolute atomic E-state index is 13.5. The van der Waals surface area contributed by atoms with E-state index >= 15 is 0 Å². The second-order valence-electron chi connectivity index (χ2n) is 5.32. The Morgan fingerprint density at radius 3 is 2.61 bits per heavy atom. The van der Waals surface area contributed by atoms with Crippen LogP contribution < -0.4 is 10.6 Å². The van der Waals surface area contributed by atoms with Gasteiger partial charge < -0.3 is 10.6 Å². The Labute approximate surface area is 109 Å². The lowest BCUT2D eigenvalue weighted by Crippen LogP contribution is -2.41. The van der Waals surface area contributed by atoms with Gasteiger partial charge in [-0.25, -0.2) is 4.39 Å². The van der Waals surface area contributed by atoms with Crippen LogP contribution >= 0.6 is 0 Å². The largest absolute Gasteiger partial charge is 0.313 e. The Bertz CT molecular complexity index is 374. The van der Waals surface area contributed by atoms with Gasteiger partial charge in [-0.1, -0.05) is 18.6 Å². The second kappa shape index (κ2) is 6.30. The van der Waals surface area contributed by atoms with Crippen LogP contribution in [0, 0.1) is 19.7 Å². The fourth-order valence-corrected chi connectivity index (χ4v) is 2.63. The summed E-state index contributed by atoms with van der Waals surface area (Å²) in [6.45, 7) is 6.61. The minimum atomic E-state index is -0.0762. The Balaban J connectivity index is 1.82. The van der Waals surface area contributed by atoms with E-state index in [1.807, 2.05) is 26.0 Å². The average molecular weight is 250 g/mol. The summed E-state index contributed by atoms with van der Waals surface area (Å²) in [5.41, 5.74) is 2.65. The zero-order valence-corrected chi connectivity index (χ0v) is 11.4. The van der Waals surface area contributed by atoms with Crippen LogP contribution in [0.5, 0.6) is 0 Å². The summed E-state index contributed by atoms with van der Waals surface area (Å²) >= 11 is 0. The highest BCUT2D eigenvalue weighted by Crippen LogP contribution is 2.14. The standard InChI is InChI=1S/C15H23FN2/c1-11-7-13(8-12(2)15(11)16)9-17-10-14-5-3-4-6-18-14/h7-8,14,17-18H,3-6,9-10H2,1-2H3. The van der Waals surface area contributed by atoms with E-state index in [0.717, 1.165) is 30.8 Å². The van der Waals surface area contributed by atoms with Crippen LogP contribution in [0.2, 0.25) is 0 Å². The van der Waals surface area contributed by atoms with Gasteiger partial charge in [0, 0.05) is 19.1 Å². The summed E-state index contributed by atoms with van der Waals surface area (Å²) in [4.78, 5) is 0. The highest BCUT2D eigenvalue weighted by Gasteiger charge is 2.11. The minimum Gasteiger partial charge on any atom is -0.313 e. The van der Waals surface area contributed by atoms with Crippen molar-refractivity contribution in [1.29, 1.82) is 0 Å². The quantitative estimate of drug-likeness (QED) is 0.858. The highest BCUT2D eigenvalue weighted by atomic mass is 19.1. The van der Waals surface area contributed by atoms with Crippen molar-refractivity contribution in [3.63, 3.8) is 0 Å². The molecular weight excluding hydrogens is 227 g/mol. The van der Waals surface area contributed by atoms with Crippen LogP contribution in [0.15, 0.2) is 12.1 Å². The van der Waals surface area contributed by atoms with Crippen molar-refractivity contribution in [3.8, 4) is 0 Å².